The molecule has 0 unspecified atom stereocenters. The van der Waals surface area contributed by atoms with Gasteiger partial charge in [-0.15, -0.1) is 5.10 Å². The van der Waals surface area contributed by atoms with Crippen LogP contribution in [0.1, 0.15) is 37.8 Å². The van der Waals surface area contributed by atoms with Crippen LogP contribution in [0.5, 0.6) is 0 Å². The minimum Gasteiger partial charge on any atom is -0.381 e. The summed E-state index contributed by atoms with van der Waals surface area (Å²) in [5.74, 6) is 1.58. The van der Waals surface area contributed by atoms with Crippen LogP contribution in [0.15, 0.2) is 30.6 Å². The van der Waals surface area contributed by atoms with Crippen molar-refractivity contribution in [2.24, 2.45) is 0 Å². The lowest BCUT2D eigenvalue weighted by Crippen LogP contribution is -2.37. The molecule has 1 aliphatic heterocycles. The highest BCUT2D eigenvalue weighted by atomic mass is 16.5. The number of ether oxygens (including phenoxy) is 1. The van der Waals surface area contributed by atoms with Gasteiger partial charge in [-0.2, -0.15) is 4.98 Å². The van der Waals surface area contributed by atoms with Crippen LogP contribution < -0.4 is 10.2 Å². The molecule has 2 aromatic heterocycles. The topological polar surface area (TPSA) is 84.7 Å². The Bertz CT molecular complexity index is 1120. The zero-order valence-electron chi connectivity index (χ0n) is 17.6. The summed E-state index contributed by atoms with van der Waals surface area (Å²) in [7, 11) is 2.05. The number of carbonyl (C=O) groups excluding carboxylic acids is 1. The molecule has 1 N–H and O–H groups in total. The number of nitrogens with zero attached hydrogens (tertiary/aromatic N) is 5. The third kappa shape index (κ3) is 3.11. The molecule has 30 heavy (non-hydrogen) atoms. The summed E-state index contributed by atoms with van der Waals surface area (Å²) in [6.45, 7) is 5.52. The molecule has 1 fully saturated rings. The number of fused-ring (bicyclic) bond motifs is 2. The summed E-state index contributed by atoms with van der Waals surface area (Å²) in [6, 6.07) is 6.42. The molecule has 1 aromatic carbocycles. The first kappa shape index (κ1) is 19.0. The van der Waals surface area contributed by atoms with E-state index in [0.29, 0.717) is 24.1 Å². The number of carbonyl (C=O) groups is 1. The van der Waals surface area contributed by atoms with Crippen LogP contribution >= 0.6 is 0 Å². The predicted molar refractivity (Wildman–Crippen MR) is 114 cm³/mol. The molecule has 8 nitrogen and oxygen atoms in total. The van der Waals surface area contributed by atoms with Crippen molar-refractivity contribution in [1.29, 1.82) is 0 Å². The zero-order chi connectivity index (χ0) is 20.9. The van der Waals surface area contributed by atoms with Crippen molar-refractivity contribution in [1.82, 2.24) is 19.6 Å². The highest BCUT2D eigenvalue weighted by Gasteiger charge is 2.37. The number of aromatic nitrogens is 4. The average molecular weight is 406 g/mol. The normalized spacial score (nSPS) is 18.6. The highest BCUT2D eigenvalue weighted by molar-refractivity contribution is 5.96. The second kappa shape index (κ2) is 7.05. The van der Waals surface area contributed by atoms with Crippen molar-refractivity contribution >= 4 is 28.9 Å². The van der Waals surface area contributed by atoms with Gasteiger partial charge in [-0.25, -0.2) is 9.50 Å². The minimum absolute atomic E-state index is 0.257. The van der Waals surface area contributed by atoms with E-state index >= 15 is 0 Å². The molecule has 1 saturated heterocycles. The van der Waals surface area contributed by atoms with Crippen molar-refractivity contribution in [3.63, 3.8) is 0 Å². The van der Waals surface area contributed by atoms with Gasteiger partial charge in [-0.05, 0) is 49.9 Å². The Kier molecular flexibility index (Phi) is 4.47. The van der Waals surface area contributed by atoms with E-state index in [2.05, 4.69) is 27.3 Å². The average Bonchev–Trinajstić information content (AvgIpc) is 3.25. The van der Waals surface area contributed by atoms with Crippen LogP contribution in [0, 0.1) is 0 Å². The van der Waals surface area contributed by atoms with Crippen LogP contribution in [0.25, 0.3) is 5.65 Å². The van der Waals surface area contributed by atoms with Gasteiger partial charge < -0.3 is 15.0 Å². The van der Waals surface area contributed by atoms with Gasteiger partial charge in [-0.3, -0.25) is 4.79 Å². The monoisotopic (exact) mass is 406 g/mol. The number of anilines is 3. The summed E-state index contributed by atoms with van der Waals surface area (Å²) in [5, 5.41) is 7.86. The number of ketones is 1. The number of hydrogen-bond donors (Lipinski definition) is 1. The fourth-order valence-electron chi connectivity index (χ4n) is 4.45. The second-order valence-corrected chi connectivity index (χ2v) is 8.63. The Labute approximate surface area is 175 Å². The smallest absolute Gasteiger partial charge is 0.247 e. The molecule has 156 valence electrons. The van der Waals surface area contributed by atoms with Gasteiger partial charge in [0.1, 0.15) is 5.78 Å². The molecule has 0 amide bonds. The summed E-state index contributed by atoms with van der Waals surface area (Å²) in [6.07, 6.45) is 5.98. The molecule has 0 radical (unpaired) electrons. The Morgan fingerprint density at radius 1 is 1.27 bits per heavy atom. The summed E-state index contributed by atoms with van der Waals surface area (Å²) < 4.78 is 7.23. The van der Waals surface area contributed by atoms with E-state index in [4.69, 9.17) is 9.72 Å². The summed E-state index contributed by atoms with van der Waals surface area (Å²) in [4.78, 5) is 23.8. The maximum atomic E-state index is 12.3. The summed E-state index contributed by atoms with van der Waals surface area (Å²) in [5.41, 5.74) is 3.35. The quantitative estimate of drug-likeness (QED) is 0.713. The Hall–Kier alpha value is -3.00. The Morgan fingerprint density at radius 3 is 2.87 bits per heavy atom. The molecule has 3 aromatic rings. The van der Waals surface area contributed by atoms with Crippen molar-refractivity contribution < 1.29 is 9.53 Å². The lowest BCUT2D eigenvalue weighted by molar-refractivity contribution is -0.121. The Morgan fingerprint density at radius 2 is 2.07 bits per heavy atom. The molecule has 2 aliphatic rings. The van der Waals surface area contributed by atoms with Crippen LogP contribution in [-0.2, 0) is 21.4 Å². The maximum Gasteiger partial charge on any atom is 0.247 e. The van der Waals surface area contributed by atoms with Gasteiger partial charge in [0.15, 0.2) is 11.5 Å². The molecule has 3 heterocycles. The first-order valence-corrected chi connectivity index (χ1v) is 10.4. The van der Waals surface area contributed by atoms with E-state index in [1.54, 1.807) is 16.9 Å². The number of rotatable bonds is 4. The first-order valence-electron chi connectivity index (χ1n) is 10.4. The van der Waals surface area contributed by atoms with E-state index in [9.17, 15) is 4.79 Å². The molecule has 0 bridgehead atoms. The first-order chi connectivity index (χ1) is 14.4. The van der Waals surface area contributed by atoms with Gasteiger partial charge >= 0.3 is 0 Å². The third-order valence-corrected chi connectivity index (χ3v) is 6.39. The van der Waals surface area contributed by atoms with Crippen LogP contribution in [-0.4, -0.2) is 51.7 Å². The highest BCUT2D eigenvalue weighted by Crippen LogP contribution is 2.37. The molecule has 8 heteroatoms. The third-order valence-electron chi connectivity index (χ3n) is 6.39. The fraction of sp³-hybridized carbons (Fsp3) is 0.455. The molecular weight excluding hydrogens is 380 g/mol. The van der Waals surface area contributed by atoms with Crippen molar-refractivity contribution in [3.8, 4) is 0 Å². The largest absolute Gasteiger partial charge is 0.381 e. The number of benzene rings is 1. The molecule has 0 atom stereocenters. The number of nitrogens with one attached hydrogen (secondary N) is 1. The fourth-order valence-corrected chi connectivity index (χ4v) is 4.45. The molecule has 0 saturated carbocycles. The van der Waals surface area contributed by atoms with Crippen molar-refractivity contribution in [3.05, 3.63) is 41.7 Å². The molecular formula is C22H26N6O2. The lowest BCUT2D eigenvalue weighted by atomic mass is 9.86. The zero-order valence-corrected chi connectivity index (χ0v) is 17.6. The van der Waals surface area contributed by atoms with Crippen LogP contribution in [0.2, 0.25) is 0 Å². The standard InChI is InChI=1S/C22H26N6O2/c1-22(2)17-5-4-15(12-14(17)13-18(22)29)24-21-25-20-19(23-8-9-28(20)26-21)27(3)16-6-10-30-11-7-16/h4-5,8-9,12,16H,6-7,10-11,13H2,1-3H3,(H,24,26). The van der Waals surface area contributed by atoms with E-state index < -0.39 is 5.41 Å². The molecule has 5 rings (SSSR count). The van der Waals surface area contributed by atoms with Gasteiger partial charge in [0.05, 0.1) is 0 Å². The second-order valence-electron chi connectivity index (χ2n) is 8.63. The Balaban J connectivity index is 1.43. The van der Waals surface area contributed by atoms with Gasteiger partial charge in [0.2, 0.25) is 5.95 Å². The van der Waals surface area contributed by atoms with Crippen molar-refractivity contribution in [2.75, 3.05) is 30.5 Å². The SMILES string of the molecule is CN(c1nccn2nc(Nc3ccc4c(c3)CC(=O)C4(C)C)nc12)C1CCOCC1. The molecule has 0 spiro atoms. The van der Waals surface area contributed by atoms with Crippen molar-refractivity contribution in [2.45, 2.75) is 44.6 Å². The van der Waals surface area contributed by atoms with Crippen LogP contribution in [0.3, 0.4) is 0 Å². The lowest BCUT2D eigenvalue weighted by Gasteiger charge is -2.31. The minimum atomic E-state index is -0.412. The summed E-state index contributed by atoms with van der Waals surface area (Å²) >= 11 is 0. The van der Waals surface area contributed by atoms with Crippen LogP contribution in [0.4, 0.5) is 17.5 Å². The van der Waals surface area contributed by atoms with E-state index in [1.807, 2.05) is 32.0 Å². The van der Waals surface area contributed by atoms with Gasteiger partial charge in [-0.1, -0.05) is 6.07 Å². The number of Topliss-reactive ketones (excluding diaryl/α,β-unsaturated/α-hetero) is 1. The number of hydrogen-bond acceptors (Lipinski definition) is 7. The van der Waals surface area contributed by atoms with E-state index in [-0.39, 0.29) is 5.78 Å². The maximum absolute atomic E-state index is 12.3. The predicted octanol–water partition coefficient (Wildman–Crippen LogP) is 2.89. The van der Waals surface area contributed by atoms with E-state index in [1.165, 1.54) is 0 Å². The van der Waals surface area contributed by atoms with Gasteiger partial charge in [0, 0.05) is 56.2 Å². The molecule has 1 aliphatic carbocycles. The van der Waals surface area contributed by atoms with Gasteiger partial charge in [0.25, 0.3) is 0 Å². The van der Waals surface area contributed by atoms with E-state index in [0.717, 1.165) is 48.7 Å².